The Morgan fingerprint density at radius 1 is 1.27 bits per heavy atom. The largest absolute Gasteiger partial charge is 0.370 e. The molecule has 1 heterocycles. The quantitative estimate of drug-likeness (QED) is 0.644. The third-order valence-electron chi connectivity index (χ3n) is 4.41. The Balaban J connectivity index is 1.96. The molecule has 1 aliphatic heterocycles. The van der Waals surface area contributed by atoms with Crippen LogP contribution in [0, 0.1) is 17.0 Å². The van der Waals surface area contributed by atoms with Gasteiger partial charge in [-0.2, -0.15) is 0 Å². The molecule has 3 rings (SSSR count). The lowest BCUT2D eigenvalue weighted by Crippen LogP contribution is -2.39. The first kappa shape index (κ1) is 18.3. The van der Waals surface area contributed by atoms with Crippen LogP contribution >= 0.6 is 0 Å². The first-order chi connectivity index (χ1) is 12.3. The molecule has 1 aliphatic rings. The Bertz CT molecular complexity index is 945. The van der Waals surface area contributed by atoms with Crippen LogP contribution in [-0.2, 0) is 14.8 Å². The Morgan fingerprint density at radius 3 is 2.65 bits per heavy atom. The number of morpholine rings is 1. The predicted molar refractivity (Wildman–Crippen MR) is 96.6 cm³/mol. The van der Waals surface area contributed by atoms with E-state index in [1.807, 2.05) is 36.1 Å². The lowest BCUT2D eigenvalue weighted by Gasteiger charge is -2.35. The SMILES string of the molecule is Cc1ccccc1C1CN(c2ccc(S(N)(=O)=O)cc2[N+](=O)[O-])CCO1. The van der Waals surface area contributed by atoms with Crippen molar-refractivity contribution in [2.45, 2.75) is 17.9 Å². The van der Waals surface area contributed by atoms with E-state index in [-0.39, 0.29) is 16.7 Å². The summed E-state index contributed by atoms with van der Waals surface area (Å²) in [6.07, 6.45) is -0.220. The maximum absolute atomic E-state index is 11.5. The molecule has 26 heavy (non-hydrogen) atoms. The maximum atomic E-state index is 11.5. The molecule has 0 radical (unpaired) electrons. The van der Waals surface area contributed by atoms with Crippen molar-refractivity contribution in [2.75, 3.05) is 24.6 Å². The molecule has 0 spiro atoms. The first-order valence-electron chi connectivity index (χ1n) is 8.00. The van der Waals surface area contributed by atoms with Crippen molar-refractivity contribution in [3.05, 3.63) is 63.7 Å². The molecule has 0 bridgehead atoms. The number of nitro benzene ring substituents is 1. The Morgan fingerprint density at radius 2 is 2.00 bits per heavy atom. The van der Waals surface area contributed by atoms with Crippen molar-refractivity contribution in [3.63, 3.8) is 0 Å². The monoisotopic (exact) mass is 377 g/mol. The number of aryl methyl sites for hydroxylation is 1. The van der Waals surface area contributed by atoms with Crippen molar-refractivity contribution in [3.8, 4) is 0 Å². The molecule has 138 valence electrons. The number of hydrogen-bond acceptors (Lipinski definition) is 6. The summed E-state index contributed by atoms with van der Waals surface area (Å²) < 4.78 is 28.8. The molecule has 2 aromatic rings. The number of nitrogens with zero attached hydrogens (tertiary/aromatic N) is 2. The smallest absolute Gasteiger partial charge is 0.293 e. The van der Waals surface area contributed by atoms with Gasteiger partial charge in [0.1, 0.15) is 11.8 Å². The number of primary sulfonamides is 1. The maximum Gasteiger partial charge on any atom is 0.293 e. The highest BCUT2D eigenvalue weighted by Crippen LogP contribution is 2.34. The van der Waals surface area contributed by atoms with E-state index in [2.05, 4.69) is 0 Å². The van der Waals surface area contributed by atoms with Gasteiger partial charge < -0.3 is 9.64 Å². The van der Waals surface area contributed by atoms with E-state index in [0.717, 1.165) is 17.2 Å². The average molecular weight is 377 g/mol. The zero-order chi connectivity index (χ0) is 18.9. The van der Waals surface area contributed by atoms with E-state index in [9.17, 15) is 18.5 Å². The lowest BCUT2D eigenvalue weighted by molar-refractivity contribution is -0.384. The predicted octanol–water partition coefficient (Wildman–Crippen LogP) is 2.13. The summed E-state index contributed by atoms with van der Waals surface area (Å²) in [5.41, 5.74) is 2.17. The van der Waals surface area contributed by atoms with Crippen molar-refractivity contribution in [2.24, 2.45) is 5.14 Å². The van der Waals surface area contributed by atoms with Gasteiger partial charge in [0.05, 0.1) is 16.4 Å². The summed E-state index contributed by atoms with van der Waals surface area (Å²) in [7, 11) is -4.01. The topological polar surface area (TPSA) is 116 Å². The van der Waals surface area contributed by atoms with Gasteiger partial charge in [-0.25, -0.2) is 13.6 Å². The van der Waals surface area contributed by atoms with Crippen LogP contribution in [0.5, 0.6) is 0 Å². The van der Waals surface area contributed by atoms with E-state index in [1.165, 1.54) is 12.1 Å². The zero-order valence-corrected chi connectivity index (χ0v) is 15.0. The first-order valence-corrected chi connectivity index (χ1v) is 9.55. The number of ether oxygens (including phenoxy) is 1. The van der Waals surface area contributed by atoms with Crippen molar-refractivity contribution in [1.82, 2.24) is 0 Å². The second-order valence-corrected chi connectivity index (χ2v) is 7.68. The summed E-state index contributed by atoms with van der Waals surface area (Å²) in [6, 6.07) is 11.5. The van der Waals surface area contributed by atoms with Gasteiger partial charge in [0.2, 0.25) is 10.0 Å². The van der Waals surface area contributed by atoms with E-state index >= 15 is 0 Å². The van der Waals surface area contributed by atoms with E-state index in [0.29, 0.717) is 25.4 Å². The van der Waals surface area contributed by atoms with Crippen LogP contribution in [0.15, 0.2) is 47.4 Å². The molecular weight excluding hydrogens is 358 g/mol. The van der Waals surface area contributed by atoms with Crippen LogP contribution in [0.3, 0.4) is 0 Å². The number of rotatable bonds is 4. The molecule has 2 aromatic carbocycles. The molecule has 9 heteroatoms. The minimum absolute atomic E-state index is 0.220. The molecule has 1 fully saturated rings. The number of hydrogen-bond donors (Lipinski definition) is 1. The van der Waals surface area contributed by atoms with Gasteiger partial charge in [-0.1, -0.05) is 24.3 Å². The molecule has 1 unspecified atom stereocenters. The number of benzene rings is 2. The average Bonchev–Trinajstić information content (AvgIpc) is 2.61. The highest BCUT2D eigenvalue weighted by Gasteiger charge is 2.28. The highest BCUT2D eigenvalue weighted by atomic mass is 32.2. The van der Waals surface area contributed by atoms with Crippen LogP contribution in [-0.4, -0.2) is 33.0 Å². The molecule has 8 nitrogen and oxygen atoms in total. The number of anilines is 1. The second kappa shape index (κ2) is 7.02. The third-order valence-corrected chi connectivity index (χ3v) is 5.33. The Hall–Kier alpha value is -2.49. The van der Waals surface area contributed by atoms with Crippen molar-refractivity contribution in [1.29, 1.82) is 0 Å². The van der Waals surface area contributed by atoms with Gasteiger partial charge in [-0.15, -0.1) is 0 Å². The van der Waals surface area contributed by atoms with Gasteiger partial charge in [-0.05, 0) is 30.2 Å². The van der Waals surface area contributed by atoms with E-state index in [4.69, 9.17) is 9.88 Å². The highest BCUT2D eigenvalue weighted by molar-refractivity contribution is 7.89. The zero-order valence-electron chi connectivity index (χ0n) is 14.2. The van der Waals surface area contributed by atoms with E-state index in [1.54, 1.807) is 0 Å². The molecule has 0 saturated carbocycles. The lowest BCUT2D eigenvalue weighted by atomic mass is 10.0. The minimum Gasteiger partial charge on any atom is -0.370 e. The van der Waals surface area contributed by atoms with Gasteiger partial charge >= 0.3 is 0 Å². The molecule has 1 saturated heterocycles. The van der Waals surface area contributed by atoms with Gasteiger partial charge in [0.15, 0.2) is 0 Å². The van der Waals surface area contributed by atoms with Crippen LogP contribution in [0.25, 0.3) is 0 Å². The fourth-order valence-corrected chi connectivity index (χ4v) is 3.63. The fourth-order valence-electron chi connectivity index (χ4n) is 3.10. The molecule has 0 amide bonds. The van der Waals surface area contributed by atoms with Crippen LogP contribution < -0.4 is 10.0 Å². The van der Waals surface area contributed by atoms with Crippen LogP contribution in [0.2, 0.25) is 0 Å². The fraction of sp³-hybridized carbons (Fsp3) is 0.294. The second-order valence-electron chi connectivity index (χ2n) is 6.11. The van der Waals surface area contributed by atoms with Crippen molar-refractivity contribution >= 4 is 21.4 Å². The number of sulfonamides is 1. The molecule has 0 aliphatic carbocycles. The summed E-state index contributed by atoms with van der Waals surface area (Å²) >= 11 is 0. The summed E-state index contributed by atoms with van der Waals surface area (Å²) in [5.74, 6) is 0. The molecule has 2 N–H and O–H groups in total. The Kier molecular flexibility index (Phi) is 4.94. The minimum atomic E-state index is -4.01. The molecular formula is C17H19N3O5S. The Labute approximate surface area is 151 Å². The normalized spacial score (nSPS) is 17.9. The van der Waals surface area contributed by atoms with E-state index < -0.39 is 14.9 Å². The van der Waals surface area contributed by atoms with Crippen LogP contribution in [0.4, 0.5) is 11.4 Å². The van der Waals surface area contributed by atoms with Crippen LogP contribution in [0.1, 0.15) is 17.2 Å². The number of nitro groups is 1. The third kappa shape index (κ3) is 3.69. The van der Waals surface area contributed by atoms with Gasteiger partial charge in [-0.3, -0.25) is 10.1 Å². The number of nitrogens with two attached hydrogens (primary N) is 1. The summed E-state index contributed by atoms with van der Waals surface area (Å²) in [6.45, 7) is 3.30. The van der Waals surface area contributed by atoms with Gasteiger partial charge in [0.25, 0.3) is 5.69 Å². The molecule has 0 aromatic heterocycles. The summed E-state index contributed by atoms with van der Waals surface area (Å²) in [4.78, 5) is 12.4. The summed E-state index contributed by atoms with van der Waals surface area (Å²) in [5, 5.41) is 16.5. The molecule has 1 atom stereocenters. The standard InChI is InChI=1S/C17H19N3O5S/c1-12-4-2-3-5-14(12)17-11-19(8-9-25-17)15-7-6-13(26(18,23)24)10-16(15)20(21)22/h2-7,10,17H,8-9,11H2,1H3,(H2,18,23,24). The van der Waals surface area contributed by atoms with Crippen molar-refractivity contribution < 1.29 is 18.1 Å². The van der Waals surface area contributed by atoms with Gasteiger partial charge in [0, 0.05) is 19.2 Å².